The van der Waals surface area contributed by atoms with Crippen LogP contribution in [0.4, 0.5) is 0 Å². The van der Waals surface area contributed by atoms with Gasteiger partial charge in [0, 0.05) is 0 Å². The van der Waals surface area contributed by atoms with Gasteiger partial charge >= 0.3 is 11.9 Å². The highest BCUT2D eigenvalue weighted by atomic mass is 16.6. The third-order valence-corrected chi connectivity index (χ3v) is 4.39. The molecule has 0 saturated heterocycles. The number of unbranched alkanes of at least 4 members (excludes halogenated alkanes) is 4. The van der Waals surface area contributed by atoms with Gasteiger partial charge in [0.15, 0.2) is 11.5 Å². The van der Waals surface area contributed by atoms with E-state index in [0.717, 1.165) is 19.3 Å². The lowest BCUT2D eigenvalue weighted by atomic mass is 10.1. The summed E-state index contributed by atoms with van der Waals surface area (Å²) >= 11 is 0. The van der Waals surface area contributed by atoms with Crippen LogP contribution in [0.3, 0.4) is 0 Å². The lowest BCUT2D eigenvalue weighted by molar-refractivity contribution is 0.0497. The van der Waals surface area contributed by atoms with E-state index >= 15 is 0 Å². The largest absolute Gasteiger partial charge is 0.493 e. The highest BCUT2D eigenvalue weighted by molar-refractivity contribution is 5.96. The topological polar surface area (TPSA) is 71.1 Å². The standard InChI is InChI=1S/C23H28O6/c1-4-5-6-7-8-15-28-22(24)17-11-9-12-18(16-17)23(25)29-21-19(26-2)13-10-14-20(21)27-3/h9-14,16H,4-8,15H2,1-3H3. The number of ether oxygens (including phenoxy) is 4. The van der Waals surface area contributed by atoms with Crippen molar-refractivity contribution in [3.8, 4) is 17.2 Å². The molecule has 6 nitrogen and oxygen atoms in total. The van der Waals surface area contributed by atoms with Crippen LogP contribution in [0.25, 0.3) is 0 Å². The molecule has 156 valence electrons. The summed E-state index contributed by atoms with van der Waals surface area (Å²) in [5.74, 6) is -0.151. The molecule has 6 heteroatoms. The van der Waals surface area contributed by atoms with Gasteiger partial charge in [-0.1, -0.05) is 44.7 Å². The highest BCUT2D eigenvalue weighted by Crippen LogP contribution is 2.37. The molecule has 2 aromatic carbocycles. The van der Waals surface area contributed by atoms with Crippen LogP contribution in [0.2, 0.25) is 0 Å². The summed E-state index contributed by atoms with van der Waals surface area (Å²) in [6.45, 7) is 2.53. The van der Waals surface area contributed by atoms with E-state index in [2.05, 4.69) is 6.92 Å². The van der Waals surface area contributed by atoms with Crippen LogP contribution in [0, 0.1) is 0 Å². The van der Waals surface area contributed by atoms with Gasteiger partial charge in [-0.05, 0) is 36.8 Å². The van der Waals surface area contributed by atoms with Crippen LogP contribution in [-0.4, -0.2) is 32.8 Å². The summed E-state index contributed by atoms with van der Waals surface area (Å²) in [7, 11) is 2.95. The second-order valence-corrected chi connectivity index (χ2v) is 6.51. The predicted octanol–water partition coefficient (Wildman–Crippen LogP) is 5.05. The SMILES string of the molecule is CCCCCCCOC(=O)c1cccc(C(=O)Oc2c(OC)cccc2OC)c1. The molecular weight excluding hydrogens is 372 g/mol. The number of carbonyl (C=O) groups is 2. The highest BCUT2D eigenvalue weighted by Gasteiger charge is 2.18. The maximum absolute atomic E-state index is 12.6. The van der Waals surface area contributed by atoms with Crippen LogP contribution in [0.5, 0.6) is 17.2 Å². The molecule has 0 spiro atoms. The fourth-order valence-corrected chi connectivity index (χ4v) is 2.80. The number of rotatable bonds is 11. The van der Waals surface area contributed by atoms with Gasteiger partial charge in [0.1, 0.15) is 0 Å². The van der Waals surface area contributed by atoms with E-state index in [1.54, 1.807) is 36.4 Å². The molecule has 0 saturated carbocycles. The zero-order valence-electron chi connectivity index (χ0n) is 17.2. The Morgan fingerprint density at radius 1 is 0.793 bits per heavy atom. The molecule has 0 amide bonds. The Morgan fingerprint density at radius 3 is 2.00 bits per heavy atom. The number of esters is 2. The molecule has 0 bridgehead atoms. The minimum atomic E-state index is -0.623. The number of para-hydroxylation sites is 1. The molecule has 0 fully saturated rings. The number of hydrogen-bond acceptors (Lipinski definition) is 6. The third kappa shape index (κ3) is 6.52. The first kappa shape index (κ1) is 22.3. The zero-order chi connectivity index (χ0) is 21.1. The quantitative estimate of drug-likeness (QED) is 0.299. The minimum absolute atomic E-state index is 0.183. The van der Waals surface area contributed by atoms with Crippen LogP contribution in [0.1, 0.15) is 59.7 Å². The minimum Gasteiger partial charge on any atom is -0.493 e. The Bertz CT molecular complexity index is 793. The van der Waals surface area contributed by atoms with Gasteiger partial charge in [-0.3, -0.25) is 0 Å². The van der Waals surface area contributed by atoms with Gasteiger partial charge in [-0.2, -0.15) is 0 Å². The molecule has 0 atom stereocenters. The molecular formula is C23H28O6. The predicted molar refractivity (Wildman–Crippen MR) is 110 cm³/mol. The molecule has 0 unspecified atom stereocenters. The van der Waals surface area contributed by atoms with E-state index < -0.39 is 11.9 Å². The van der Waals surface area contributed by atoms with Gasteiger partial charge in [-0.25, -0.2) is 9.59 Å². The van der Waals surface area contributed by atoms with Crippen molar-refractivity contribution < 1.29 is 28.5 Å². The van der Waals surface area contributed by atoms with Gasteiger partial charge in [-0.15, -0.1) is 0 Å². The smallest absolute Gasteiger partial charge is 0.343 e. The normalized spacial score (nSPS) is 10.3. The average molecular weight is 400 g/mol. The zero-order valence-corrected chi connectivity index (χ0v) is 17.2. The fraction of sp³-hybridized carbons (Fsp3) is 0.391. The Labute approximate surface area is 171 Å². The monoisotopic (exact) mass is 400 g/mol. The summed E-state index contributed by atoms with van der Waals surface area (Å²) in [6.07, 6.45) is 5.37. The molecule has 0 N–H and O–H groups in total. The molecule has 2 rings (SSSR count). The Morgan fingerprint density at radius 2 is 1.38 bits per heavy atom. The number of hydrogen-bond donors (Lipinski definition) is 0. The van der Waals surface area contributed by atoms with Gasteiger partial charge < -0.3 is 18.9 Å². The van der Waals surface area contributed by atoms with Gasteiger partial charge in [0.25, 0.3) is 0 Å². The summed E-state index contributed by atoms with van der Waals surface area (Å²) in [5.41, 5.74) is 0.537. The molecule has 29 heavy (non-hydrogen) atoms. The van der Waals surface area contributed by atoms with E-state index in [-0.39, 0.29) is 11.3 Å². The summed E-state index contributed by atoms with van der Waals surface area (Å²) < 4.78 is 21.2. The fourth-order valence-electron chi connectivity index (χ4n) is 2.80. The van der Waals surface area contributed by atoms with Crippen molar-refractivity contribution >= 4 is 11.9 Å². The summed E-state index contributed by atoms with van der Waals surface area (Å²) in [5, 5.41) is 0. The van der Waals surface area contributed by atoms with Crippen LogP contribution in [-0.2, 0) is 4.74 Å². The van der Waals surface area contributed by atoms with E-state index in [4.69, 9.17) is 18.9 Å². The van der Waals surface area contributed by atoms with E-state index in [0.29, 0.717) is 23.7 Å². The molecule has 2 aromatic rings. The first-order valence-electron chi connectivity index (χ1n) is 9.81. The second kappa shape index (κ2) is 11.7. The molecule has 0 aliphatic rings. The lowest BCUT2D eigenvalue weighted by Gasteiger charge is -2.13. The molecule has 0 aliphatic heterocycles. The maximum Gasteiger partial charge on any atom is 0.343 e. The number of methoxy groups -OCH3 is 2. The molecule has 0 aliphatic carbocycles. The molecule has 0 heterocycles. The van der Waals surface area contributed by atoms with Crippen LogP contribution in [0.15, 0.2) is 42.5 Å². The van der Waals surface area contributed by atoms with Crippen molar-refractivity contribution in [2.75, 3.05) is 20.8 Å². The summed E-state index contributed by atoms with van der Waals surface area (Å²) in [4.78, 5) is 24.9. The molecule has 0 radical (unpaired) electrons. The van der Waals surface area contributed by atoms with Gasteiger partial charge in [0.05, 0.1) is 32.0 Å². The first-order chi connectivity index (χ1) is 14.1. The third-order valence-electron chi connectivity index (χ3n) is 4.39. The summed E-state index contributed by atoms with van der Waals surface area (Å²) in [6, 6.07) is 11.3. The first-order valence-corrected chi connectivity index (χ1v) is 9.81. The van der Waals surface area contributed by atoms with Gasteiger partial charge in [0.2, 0.25) is 5.75 Å². The Balaban J connectivity index is 2.02. The number of carbonyl (C=O) groups excluding carboxylic acids is 2. The van der Waals surface area contributed by atoms with E-state index in [1.807, 2.05) is 0 Å². The average Bonchev–Trinajstić information content (AvgIpc) is 2.76. The molecule has 0 aromatic heterocycles. The van der Waals surface area contributed by atoms with Crippen molar-refractivity contribution in [1.82, 2.24) is 0 Å². The van der Waals surface area contributed by atoms with Crippen LogP contribution < -0.4 is 14.2 Å². The van der Waals surface area contributed by atoms with Crippen molar-refractivity contribution in [3.63, 3.8) is 0 Å². The van der Waals surface area contributed by atoms with E-state index in [9.17, 15) is 9.59 Å². The Kier molecular flexibility index (Phi) is 9.02. The van der Waals surface area contributed by atoms with Crippen molar-refractivity contribution in [2.24, 2.45) is 0 Å². The second-order valence-electron chi connectivity index (χ2n) is 6.51. The van der Waals surface area contributed by atoms with Crippen LogP contribution >= 0.6 is 0 Å². The van der Waals surface area contributed by atoms with Crippen molar-refractivity contribution in [2.45, 2.75) is 39.0 Å². The Hall–Kier alpha value is -3.02. The van der Waals surface area contributed by atoms with E-state index in [1.165, 1.54) is 33.1 Å². The maximum atomic E-state index is 12.6. The number of benzene rings is 2. The lowest BCUT2D eigenvalue weighted by Crippen LogP contribution is -2.12. The van der Waals surface area contributed by atoms with Crippen molar-refractivity contribution in [3.05, 3.63) is 53.6 Å². The van der Waals surface area contributed by atoms with Crippen molar-refractivity contribution in [1.29, 1.82) is 0 Å².